The molecule has 0 unspecified atom stereocenters. The molecule has 0 aliphatic heterocycles. The van der Waals surface area contributed by atoms with Crippen LogP contribution in [0.2, 0.25) is 10.0 Å². The Labute approximate surface area is 181 Å². The molecular formula is C17H25Cl2IN6. The van der Waals surface area contributed by atoms with Gasteiger partial charge in [-0.15, -0.1) is 34.2 Å². The molecule has 0 amide bonds. The van der Waals surface area contributed by atoms with Crippen molar-refractivity contribution in [2.24, 2.45) is 4.99 Å². The van der Waals surface area contributed by atoms with Crippen LogP contribution in [0.3, 0.4) is 0 Å². The van der Waals surface area contributed by atoms with Crippen LogP contribution >= 0.6 is 47.2 Å². The third kappa shape index (κ3) is 7.67. The van der Waals surface area contributed by atoms with Crippen molar-refractivity contribution in [3.05, 3.63) is 46.0 Å². The van der Waals surface area contributed by atoms with Crippen LogP contribution in [0.4, 0.5) is 0 Å². The molecule has 0 radical (unpaired) electrons. The summed E-state index contributed by atoms with van der Waals surface area (Å²) in [6, 6.07) is 5.57. The van der Waals surface area contributed by atoms with Gasteiger partial charge in [-0.3, -0.25) is 4.99 Å². The fourth-order valence-electron chi connectivity index (χ4n) is 2.43. The molecule has 0 saturated heterocycles. The van der Waals surface area contributed by atoms with Gasteiger partial charge >= 0.3 is 0 Å². The molecule has 2 N–H and O–H groups in total. The molecule has 0 aliphatic rings. The van der Waals surface area contributed by atoms with Gasteiger partial charge in [0.1, 0.15) is 12.2 Å². The second kappa shape index (κ2) is 12.3. The average molecular weight is 511 g/mol. The summed E-state index contributed by atoms with van der Waals surface area (Å²) in [5, 5.41) is 15.9. The van der Waals surface area contributed by atoms with Gasteiger partial charge in [-0.05, 0) is 37.1 Å². The van der Waals surface area contributed by atoms with Crippen molar-refractivity contribution >= 4 is 53.1 Å². The van der Waals surface area contributed by atoms with Gasteiger partial charge in [0.15, 0.2) is 5.96 Å². The molecular weight excluding hydrogens is 486 g/mol. The number of hydrogen-bond donors (Lipinski definition) is 2. The third-order valence-electron chi connectivity index (χ3n) is 3.59. The third-order valence-corrected chi connectivity index (χ3v) is 4.03. The van der Waals surface area contributed by atoms with E-state index in [0.717, 1.165) is 49.8 Å². The van der Waals surface area contributed by atoms with Gasteiger partial charge < -0.3 is 15.2 Å². The molecule has 2 rings (SSSR count). The van der Waals surface area contributed by atoms with Gasteiger partial charge in [0.05, 0.1) is 0 Å². The van der Waals surface area contributed by atoms with Crippen molar-refractivity contribution in [3.8, 4) is 0 Å². The highest BCUT2D eigenvalue weighted by Gasteiger charge is 2.03. The molecule has 0 atom stereocenters. The Balaban J connectivity index is 0.00000338. The molecule has 0 bridgehead atoms. The number of halogens is 3. The van der Waals surface area contributed by atoms with Crippen LogP contribution < -0.4 is 10.6 Å². The molecule has 26 heavy (non-hydrogen) atoms. The molecule has 0 spiro atoms. The molecule has 0 fully saturated rings. The number of nitrogens with one attached hydrogen (secondary N) is 2. The van der Waals surface area contributed by atoms with Crippen LogP contribution in [0.25, 0.3) is 0 Å². The topological polar surface area (TPSA) is 67.1 Å². The van der Waals surface area contributed by atoms with Crippen LogP contribution in [-0.2, 0) is 19.4 Å². The lowest BCUT2D eigenvalue weighted by Crippen LogP contribution is -2.39. The lowest BCUT2D eigenvalue weighted by molar-refractivity contribution is 0.632. The lowest BCUT2D eigenvalue weighted by atomic mass is 10.1. The van der Waals surface area contributed by atoms with E-state index in [9.17, 15) is 0 Å². The van der Waals surface area contributed by atoms with Crippen LogP contribution in [0.1, 0.15) is 25.2 Å². The molecule has 6 nitrogen and oxygen atoms in total. The molecule has 1 aromatic heterocycles. The van der Waals surface area contributed by atoms with Crippen molar-refractivity contribution in [3.63, 3.8) is 0 Å². The Morgan fingerprint density at radius 2 is 1.88 bits per heavy atom. The first kappa shape index (κ1) is 23.0. The van der Waals surface area contributed by atoms with E-state index < -0.39 is 0 Å². The van der Waals surface area contributed by atoms with Crippen molar-refractivity contribution in [1.29, 1.82) is 0 Å². The second-order valence-corrected chi connectivity index (χ2v) is 6.38. The Kier molecular flexibility index (Phi) is 10.9. The molecule has 0 aliphatic carbocycles. The number of aromatic nitrogens is 3. The van der Waals surface area contributed by atoms with E-state index in [1.165, 1.54) is 0 Å². The first-order valence-corrected chi connectivity index (χ1v) is 9.21. The first-order valence-electron chi connectivity index (χ1n) is 8.46. The standard InChI is InChI=1S/C17H24Cl2N6.HI/c1-3-16-24-23-12-25(16)8-7-22-17(20-4-2)21-6-5-13-9-14(18)11-15(19)10-13;/h9-12H,3-8H2,1-2H3,(H2,20,21,22);1H. The minimum Gasteiger partial charge on any atom is -0.357 e. The highest BCUT2D eigenvalue weighted by Crippen LogP contribution is 2.19. The van der Waals surface area contributed by atoms with E-state index in [4.69, 9.17) is 23.2 Å². The molecule has 9 heteroatoms. The van der Waals surface area contributed by atoms with Crippen molar-refractivity contribution in [2.75, 3.05) is 19.6 Å². The normalized spacial score (nSPS) is 11.2. The number of rotatable bonds is 8. The van der Waals surface area contributed by atoms with Crippen molar-refractivity contribution < 1.29 is 0 Å². The van der Waals surface area contributed by atoms with Gasteiger partial charge in [-0.25, -0.2) is 0 Å². The molecule has 2 aromatic rings. The summed E-state index contributed by atoms with van der Waals surface area (Å²) in [6.45, 7) is 7.12. The number of aryl methyl sites for hydroxylation is 1. The SMILES string of the molecule is CCNC(=NCCc1cc(Cl)cc(Cl)c1)NCCn1cnnc1CC.I. The van der Waals surface area contributed by atoms with E-state index in [-0.39, 0.29) is 24.0 Å². The molecule has 1 aromatic carbocycles. The smallest absolute Gasteiger partial charge is 0.191 e. The van der Waals surface area contributed by atoms with Crippen LogP contribution in [0.15, 0.2) is 29.5 Å². The van der Waals surface area contributed by atoms with E-state index in [1.54, 1.807) is 12.4 Å². The Morgan fingerprint density at radius 3 is 2.54 bits per heavy atom. The quantitative estimate of drug-likeness (QED) is 0.323. The van der Waals surface area contributed by atoms with Crippen LogP contribution in [0.5, 0.6) is 0 Å². The maximum absolute atomic E-state index is 6.03. The Morgan fingerprint density at radius 1 is 1.15 bits per heavy atom. The summed E-state index contributed by atoms with van der Waals surface area (Å²) >= 11 is 12.1. The van der Waals surface area contributed by atoms with Crippen LogP contribution in [0, 0.1) is 0 Å². The van der Waals surface area contributed by atoms with Crippen LogP contribution in [-0.4, -0.2) is 40.4 Å². The number of aliphatic imine (C=N–C) groups is 1. The number of benzene rings is 1. The fourth-order valence-corrected chi connectivity index (χ4v) is 3.00. The highest BCUT2D eigenvalue weighted by molar-refractivity contribution is 14.0. The van der Waals surface area contributed by atoms with Gasteiger partial charge in [0.25, 0.3) is 0 Å². The van der Waals surface area contributed by atoms with Gasteiger partial charge in [-0.2, -0.15) is 0 Å². The predicted molar refractivity (Wildman–Crippen MR) is 119 cm³/mol. The van der Waals surface area contributed by atoms with Gasteiger partial charge in [0, 0.05) is 42.6 Å². The Bertz CT molecular complexity index is 684. The monoisotopic (exact) mass is 510 g/mol. The zero-order valence-corrected chi connectivity index (χ0v) is 18.8. The Hall–Kier alpha value is -1.06. The zero-order valence-electron chi connectivity index (χ0n) is 15.0. The summed E-state index contributed by atoms with van der Waals surface area (Å²) in [6.07, 6.45) is 3.41. The lowest BCUT2D eigenvalue weighted by Gasteiger charge is -2.12. The summed E-state index contributed by atoms with van der Waals surface area (Å²) in [5.41, 5.74) is 1.08. The molecule has 0 saturated carbocycles. The zero-order chi connectivity index (χ0) is 18.1. The fraction of sp³-hybridized carbons (Fsp3) is 0.471. The summed E-state index contributed by atoms with van der Waals surface area (Å²) in [5.74, 6) is 1.78. The molecule has 144 valence electrons. The average Bonchev–Trinajstić information content (AvgIpc) is 3.01. The number of guanidine groups is 1. The number of hydrogen-bond acceptors (Lipinski definition) is 3. The van der Waals surface area contributed by atoms with E-state index in [1.807, 2.05) is 23.6 Å². The minimum absolute atomic E-state index is 0. The van der Waals surface area contributed by atoms with Crippen molar-refractivity contribution in [2.45, 2.75) is 33.2 Å². The predicted octanol–water partition coefficient (Wildman–Crippen LogP) is 3.56. The molecule has 1 heterocycles. The maximum atomic E-state index is 6.03. The van der Waals surface area contributed by atoms with E-state index in [0.29, 0.717) is 16.6 Å². The maximum Gasteiger partial charge on any atom is 0.191 e. The summed E-state index contributed by atoms with van der Waals surface area (Å²) in [4.78, 5) is 4.60. The largest absolute Gasteiger partial charge is 0.357 e. The van der Waals surface area contributed by atoms with Crippen molar-refractivity contribution in [1.82, 2.24) is 25.4 Å². The first-order chi connectivity index (χ1) is 12.1. The van der Waals surface area contributed by atoms with Gasteiger partial charge in [-0.1, -0.05) is 30.1 Å². The van der Waals surface area contributed by atoms with E-state index in [2.05, 4.69) is 32.7 Å². The minimum atomic E-state index is 0. The summed E-state index contributed by atoms with van der Waals surface area (Å²) < 4.78 is 2.05. The number of nitrogens with zero attached hydrogens (tertiary/aromatic N) is 4. The highest BCUT2D eigenvalue weighted by atomic mass is 127. The second-order valence-electron chi connectivity index (χ2n) is 5.51. The van der Waals surface area contributed by atoms with Gasteiger partial charge in [0.2, 0.25) is 0 Å². The van der Waals surface area contributed by atoms with E-state index >= 15 is 0 Å². The summed E-state index contributed by atoms with van der Waals surface area (Å²) in [7, 11) is 0.